The summed E-state index contributed by atoms with van der Waals surface area (Å²) in [4.78, 5) is 43.5. The Hall–Kier alpha value is -3.04. The molecule has 1 fully saturated rings. The van der Waals surface area contributed by atoms with Crippen LogP contribution in [0.4, 0.5) is 10.5 Å². The lowest BCUT2D eigenvalue weighted by Crippen LogP contribution is -2.42. The predicted octanol–water partition coefficient (Wildman–Crippen LogP) is 4.29. The highest BCUT2D eigenvalue weighted by atomic mass is 79.9. The number of halogens is 1. The molecule has 1 aliphatic rings. The van der Waals surface area contributed by atoms with Crippen LogP contribution >= 0.6 is 27.3 Å². The first-order valence-corrected chi connectivity index (χ1v) is 11.2. The molecule has 9 heteroatoms. The van der Waals surface area contributed by atoms with E-state index >= 15 is 0 Å². The standard InChI is InChI=1S/C22H19BrN4O3S/c1-13-24-18(12-31-13)14-5-3-8-17(9-14)25-19(28)11-27-20(29)22(2,26-21(27)30)15-6-4-7-16(23)10-15/h3-10,12H,11H2,1-2H3,(H,25,28)(H,26,30)/t22-/m1/s1. The molecule has 0 spiro atoms. The molecule has 1 aliphatic heterocycles. The number of hydrogen-bond acceptors (Lipinski definition) is 5. The molecule has 2 heterocycles. The van der Waals surface area contributed by atoms with Gasteiger partial charge in [-0.3, -0.25) is 14.5 Å². The fourth-order valence-electron chi connectivity index (χ4n) is 3.43. The Balaban J connectivity index is 1.48. The molecule has 0 saturated carbocycles. The summed E-state index contributed by atoms with van der Waals surface area (Å²) in [5.41, 5.74) is 1.67. The van der Waals surface area contributed by atoms with Crippen LogP contribution in [0.1, 0.15) is 17.5 Å². The van der Waals surface area contributed by atoms with Crippen LogP contribution in [0.25, 0.3) is 11.3 Å². The van der Waals surface area contributed by atoms with Gasteiger partial charge in [-0.2, -0.15) is 0 Å². The Morgan fingerprint density at radius 1 is 1.23 bits per heavy atom. The number of nitrogens with zero attached hydrogens (tertiary/aromatic N) is 2. The van der Waals surface area contributed by atoms with Gasteiger partial charge in [0.2, 0.25) is 5.91 Å². The van der Waals surface area contributed by atoms with Crippen LogP contribution in [0.3, 0.4) is 0 Å². The fraction of sp³-hybridized carbons (Fsp3) is 0.182. The number of carbonyl (C=O) groups excluding carboxylic acids is 3. The summed E-state index contributed by atoms with van der Waals surface area (Å²) in [5, 5.41) is 8.37. The summed E-state index contributed by atoms with van der Waals surface area (Å²) < 4.78 is 0.791. The van der Waals surface area contributed by atoms with Crippen LogP contribution < -0.4 is 10.6 Å². The Kier molecular flexibility index (Phi) is 5.63. The molecular formula is C22H19BrN4O3S. The lowest BCUT2D eigenvalue weighted by molar-refractivity contribution is -0.133. The van der Waals surface area contributed by atoms with E-state index in [-0.39, 0.29) is 6.54 Å². The van der Waals surface area contributed by atoms with E-state index in [0.717, 1.165) is 25.6 Å². The van der Waals surface area contributed by atoms with Crippen molar-refractivity contribution in [2.75, 3.05) is 11.9 Å². The van der Waals surface area contributed by atoms with Crippen molar-refractivity contribution in [3.8, 4) is 11.3 Å². The topological polar surface area (TPSA) is 91.4 Å². The molecule has 3 aromatic rings. The van der Waals surface area contributed by atoms with Crippen LogP contribution in [-0.4, -0.2) is 34.3 Å². The number of aromatic nitrogens is 1. The van der Waals surface area contributed by atoms with E-state index in [1.54, 1.807) is 42.5 Å². The number of hydrogen-bond donors (Lipinski definition) is 2. The number of anilines is 1. The Morgan fingerprint density at radius 2 is 2.00 bits per heavy atom. The van der Waals surface area contributed by atoms with Crippen LogP contribution in [-0.2, 0) is 15.1 Å². The molecule has 31 heavy (non-hydrogen) atoms. The van der Waals surface area contributed by atoms with Crippen molar-refractivity contribution in [2.24, 2.45) is 0 Å². The molecule has 1 saturated heterocycles. The zero-order valence-electron chi connectivity index (χ0n) is 16.8. The fourth-order valence-corrected chi connectivity index (χ4v) is 4.45. The maximum Gasteiger partial charge on any atom is 0.325 e. The van der Waals surface area contributed by atoms with Crippen LogP contribution in [0.5, 0.6) is 0 Å². The first kappa shape index (κ1) is 21.2. The number of aryl methyl sites for hydroxylation is 1. The quantitative estimate of drug-likeness (QED) is 0.513. The number of imide groups is 1. The van der Waals surface area contributed by atoms with Gasteiger partial charge in [0, 0.05) is 21.1 Å². The Morgan fingerprint density at radius 3 is 2.71 bits per heavy atom. The zero-order valence-corrected chi connectivity index (χ0v) is 19.2. The van der Waals surface area contributed by atoms with Crippen molar-refractivity contribution in [1.29, 1.82) is 0 Å². The van der Waals surface area contributed by atoms with E-state index in [2.05, 4.69) is 31.5 Å². The maximum absolute atomic E-state index is 13.0. The summed E-state index contributed by atoms with van der Waals surface area (Å²) in [6, 6.07) is 13.8. The van der Waals surface area contributed by atoms with Gasteiger partial charge < -0.3 is 10.6 Å². The van der Waals surface area contributed by atoms with Gasteiger partial charge in [-0.05, 0) is 43.7 Å². The van der Waals surface area contributed by atoms with Crippen molar-refractivity contribution in [1.82, 2.24) is 15.2 Å². The van der Waals surface area contributed by atoms with Crippen molar-refractivity contribution in [3.05, 3.63) is 69.0 Å². The number of benzene rings is 2. The summed E-state index contributed by atoms with van der Waals surface area (Å²) in [7, 11) is 0. The number of amides is 4. The third-order valence-electron chi connectivity index (χ3n) is 5.04. The zero-order chi connectivity index (χ0) is 22.2. The van der Waals surface area contributed by atoms with E-state index < -0.39 is 23.4 Å². The summed E-state index contributed by atoms with van der Waals surface area (Å²) in [5.74, 6) is -0.939. The minimum absolute atomic E-state index is 0.381. The van der Waals surface area contributed by atoms with Crippen LogP contribution in [0, 0.1) is 6.92 Å². The van der Waals surface area contributed by atoms with Crippen molar-refractivity contribution >= 4 is 50.8 Å². The predicted molar refractivity (Wildman–Crippen MR) is 123 cm³/mol. The highest BCUT2D eigenvalue weighted by Crippen LogP contribution is 2.30. The summed E-state index contributed by atoms with van der Waals surface area (Å²) >= 11 is 4.93. The normalized spacial score (nSPS) is 18.2. The van der Waals surface area contributed by atoms with E-state index in [1.807, 2.05) is 36.6 Å². The van der Waals surface area contributed by atoms with Gasteiger partial charge in [-0.25, -0.2) is 9.78 Å². The Bertz CT molecular complexity index is 1190. The van der Waals surface area contributed by atoms with Crippen LogP contribution in [0.2, 0.25) is 0 Å². The molecule has 1 atom stereocenters. The van der Waals surface area contributed by atoms with Crippen molar-refractivity contribution < 1.29 is 14.4 Å². The first-order chi connectivity index (χ1) is 14.8. The second kappa shape index (κ2) is 8.24. The molecule has 7 nitrogen and oxygen atoms in total. The van der Waals surface area contributed by atoms with E-state index in [4.69, 9.17) is 0 Å². The van der Waals surface area contributed by atoms with Gasteiger partial charge in [0.25, 0.3) is 5.91 Å². The van der Waals surface area contributed by atoms with Gasteiger partial charge in [0.1, 0.15) is 12.1 Å². The molecule has 0 radical (unpaired) electrons. The molecular weight excluding hydrogens is 480 g/mol. The number of carbonyl (C=O) groups is 3. The number of nitrogens with one attached hydrogen (secondary N) is 2. The smallest absolute Gasteiger partial charge is 0.325 e. The summed E-state index contributed by atoms with van der Waals surface area (Å²) in [6.07, 6.45) is 0. The molecule has 2 aromatic carbocycles. The van der Waals surface area contributed by atoms with Crippen LogP contribution in [0.15, 0.2) is 58.4 Å². The largest absolute Gasteiger partial charge is 0.325 e. The first-order valence-electron chi connectivity index (χ1n) is 9.49. The van der Waals surface area contributed by atoms with Gasteiger partial charge >= 0.3 is 6.03 Å². The minimum Gasteiger partial charge on any atom is -0.325 e. The molecule has 2 N–H and O–H groups in total. The molecule has 0 bridgehead atoms. The third kappa shape index (κ3) is 4.24. The van der Waals surface area contributed by atoms with Gasteiger partial charge in [0.05, 0.1) is 10.7 Å². The molecule has 1 aromatic heterocycles. The number of rotatable bonds is 5. The highest BCUT2D eigenvalue weighted by molar-refractivity contribution is 9.10. The molecule has 0 aliphatic carbocycles. The summed E-state index contributed by atoms with van der Waals surface area (Å²) in [6.45, 7) is 3.18. The monoisotopic (exact) mass is 498 g/mol. The number of thiazole rings is 1. The minimum atomic E-state index is -1.23. The van der Waals surface area contributed by atoms with Crippen molar-refractivity contribution in [3.63, 3.8) is 0 Å². The average molecular weight is 499 g/mol. The van der Waals surface area contributed by atoms with E-state index in [0.29, 0.717) is 11.3 Å². The lowest BCUT2D eigenvalue weighted by Gasteiger charge is -2.22. The molecule has 4 amide bonds. The molecule has 158 valence electrons. The molecule has 4 rings (SSSR count). The Labute approximate surface area is 191 Å². The molecule has 0 unspecified atom stereocenters. The third-order valence-corrected chi connectivity index (χ3v) is 6.31. The highest BCUT2D eigenvalue weighted by Gasteiger charge is 2.49. The lowest BCUT2D eigenvalue weighted by atomic mass is 9.92. The SMILES string of the molecule is Cc1nc(-c2cccc(NC(=O)CN3C(=O)N[C@](C)(c4cccc(Br)c4)C3=O)c2)cs1. The average Bonchev–Trinajstić information content (AvgIpc) is 3.26. The van der Waals surface area contributed by atoms with Gasteiger partial charge in [0.15, 0.2) is 0 Å². The van der Waals surface area contributed by atoms with E-state index in [1.165, 1.54) is 0 Å². The van der Waals surface area contributed by atoms with Gasteiger partial charge in [-0.15, -0.1) is 11.3 Å². The van der Waals surface area contributed by atoms with Gasteiger partial charge in [-0.1, -0.05) is 40.2 Å². The second-order valence-electron chi connectivity index (χ2n) is 7.34. The maximum atomic E-state index is 13.0. The second-order valence-corrected chi connectivity index (χ2v) is 9.32. The number of urea groups is 1. The van der Waals surface area contributed by atoms with E-state index in [9.17, 15) is 14.4 Å². The van der Waals surface area contributed by atoms with Crippen molar-refractivity contribution in [2.45, 2.75) is 19.4 Å².